The summed E-state index contributed by atoms with van der Waals surface area (Å²) in [5.41, 5.74) is 1.03. The van der Waals surface area contributed by atoms with Crippen LogP contribution in [0.1, 0.15) is 28.8 Å². The van der Waals surface area contributed by atoms with Gasteiger partial charge in [-0.15, -0.1) is 0 Å². The van der Waals surface area contributed by atoms with Crippen LogP contribution in [0.25, 0.3) is 0 Å². The van der Waals surface area contributed by atoms with E-state index in [0.29, 0.717) is 19.3 Å². The number of aromatic nitrogens is 2. The minimum absolute atomic E-state index is 0.0143. The first-order chi connectivity index (χ1) is 11.1. The summed E-state index contributed by atoms with van der Waals surface area (Å²) in [6.07, 6.45) is 7.43. The summed E-state index contributed by atoms with van der Waals surface area (Å²) in [6.45, 7) is 0. The molecule has 2 aromatic rings. The Morgan fingerprint density at radius 3 is 2.61 bits per heavy atom. The lowest BCUT2D eigenvalue weighted by molar-refractivity contribution is 0.0239. The van der Waals surface area contributed by atoms with Crippen LogP contribution in [-0.4, -0.2) is 33.1 Å². The first kappa shape index (κ1) is 15.6. The van der Waals surface area contributed by atoms with Crippen molar-refractivity contribution in [3.05, 3.63) is 59.9 Å². The van der Waals surface area contributed by atoms with E-state index < -0.39 is 11.7 Å². The highest BCUT2D eigenvalue weighted by atomic mass is 19.1. The molecule has 1 aliphatic rings. The van der Waals surface area contributed by atoms with Crippen LogP contribution in [0.2, 0.25) is 0 Å². The highest BCUT2D eigenvalue weighted by Crippen LogP contribution is 2.32. The number of pyridine rings is 2. The summed E-state index contributed by atoms with van der Waals surface area (Å²) in [7, 11) is 0. The average Bonchev–Trinajstić information content (AvgIpc) is 2.52. The SMILES string of the molecule is O=C(NC(Cc1ccncc1)C1CC(O)C1)c1ccncc1F. The number of hydrogen-bond donors (Lipinski definition) is 2. The van der Waals surface area contributed by atoms with Gasteiger partial charge in [0, 0.05) is 24.6 Å². The van der Waals surface area contributed by atoms with Crippen LogP contribution >= 0.6 is 0 Å². The first-order valence-corrected chi connectivity index (χ1v) is 7.61. The van der Waals surface area contributed by atoms with E-state index in [1.807, 2.05) is 12.1 Å². The van der Waals surface area contributed by atoms with Crippen molar-refractivity contribution in [1.82, 2.24) is 15.3 Å². The van der Waals surface area contributed by atoms with Crippen molar-refractivity contribution in [3.8, 4) is 0 Å². The highest BCUT2D eigenvalue weighted by Gasteiger charge is 2.35. The summed E-state index contributed by atoms with van der Waals surface area (Å²) in [6, 6.07) is 4.99. The summed E-state index contributed by atoms with van der Waals surface area (Å²) >= 11 is 0. The molecule has 1 amide bonds. The molecule has 120 valence electrons. The minimum atomic E-state index is -0.638. The Hall–Kier alpha value is -2.34. The fourth-order valence-corrected chi connectivity index (χ4v) is 2.87. The lowest BCUT2D eigenvalue weighted by Gasteiger charge is -2.38. The van der Waals surface area contributed by atoms with Gasteiger partial charge >= 0.3 is 0 Å². The molecule has 6 heteroatoms. The van der Waals surface area contributed by atoms with Gasteiger partial charge in [0.25, 0.3) is 5.91 Å². The topological polar surface area (TPSA) is 75.1 Å². The lowest BCUT2D eigenvalue weighted by atomic mass is 9.75. The van der Waals surface area contributed by atoms with Crippen molar-refractivity contribution >= 4 is 5.91 Å². The van der Waals surface area contributed by atoms with E-state index in [9.17, 15) is 14.3 Å². The predicted octanol–water partition coefficient (Wildman–Crippen LogP) is 1.73. The van der Waals surface area contributed by atoms with Crippen molar-refractivity contribution in [2.45, 2.75) is 31.4 Å². The molecule has 2 aromatic heterocycles. The van der Waals surface area contributed by atoms with Crippen LogP contribution in [0, 0.1) is 11.7 Å². The average molecular weight is 315 g/mol. The van der Waals surface area contributed by atoms with E-state index in [4.69, 9.17) is 0 Å². The Labute approximate surface area is 133 Å². The molecule has 5 nitrogen and oxygen atoms in total. The molecule has 2 heterocycles. The largest absolute Gasteiger partial charge is 0.393 e. The number of halogens is 1. The Kier molecular flexibility index (Phi) is 4.62. The van der Waals surface area contributed by atoms with E-state index in [2.05, 4.69) is 15.3 Å². The van der Waals surface area contributed by atoms with E-state index in [0.717, 1.165) is 11.8 Å². The molecule has 3 rings (SSSR count). The number of amides is 1. The van der Waals surface area contributed by atoms with Crippen molar-refractivity contribution in [1.29, 1.82) is 0 Å². The Morgan fingerprint density at radius 1 is 1.26 bits per heavy atom. The number of carbonyl (C=O) groups excluding carboxylic acids is 1. The molecule has 0 radical (unpaired) electrons. The lowest BCUT2D eigenvalue weighted by Crippen LogP contribution is -2.48. The molecule has 1 unspecified atom stereocenters. The maximum atomic E-state index is 13.7. The summed E-state index contributed by atoms with van der Waals surface area (Å²) in [5, 5.41) is 12.4. The smallest absolute Gasteiger partial charge is 0.254 e. The minimum Gasteiger partial charge on any atom is -0.393 e. The van der Waals surface area contributed by atoms with Gasteiger partial charge in [-0.3, -0.25) is 14.8 Å². The normalized spacial score (nSPS) is 21.3. The van der Waals surface area contributed by atoms with E-state index >= 15 is 0 Å². The second-order valence-electron chi connectivity index (χ2n) is 5.88. The number of carbonyl (C=O) groups is 1. The van der Waals surface area contributed by atoms with E-state index in [1.165, 1.54) is 12.3 Å². The summed E-state index contributed by atoms with van der Waals surface area (Å²) in [4.78, 5) is 20.0. The zero-order valence-corrected chi connectivity index (χ0v) is 12.5. The number of nitrogens with zero attached hydrogens (tertiary/aromatic N) is 2. The van der Waals surface area contributed by atoms with Gasteiger partial charge in [-0.25, -0.2) is 4.39 Å². The molecule has 0 aromatic carbocycles. The zero-order chi connectivity index (χ0) is 16.2. The fourth-order valence-electron chi connectivity index (χ4n) is 2.87. The van der Waals surface area contributed by atoms with E-state index in [-0.39, 0.29) is 23.6 Å². The van der Waals surface area contributed by atoms with Crippen molar-refractivity contribution < 1.29 is 14.3 Å². The van der Waals surface area contributed by atoms with Crippen LogP contribution in [0.3, 0.4) is 0 Å². The number of aliphatic hydroxyl groups excluding tert-OH is 1. The summed E-state index contributed by atoms with van der Waals surface area (Å²) in [5.74, 6) is -0.904. The van der Waals surface area contributed by atoms with Gasteiger partial charge in [-0.2, -0.15) is 0 Å². The molecule has 23 heavy (non-hydrogen) atoms. The Bertz CT molecular complexity index is 675. The maximum absolute atomic E-state index is 13.7. The zero-order valence-electron chi connectivity index (χ0n) is 12.5. The second kappa shape index (κ2) is 6.83. The van der Waals surface area contributed by atoms with E-state index in [1.54, 1.807) is 12.4 Å². The molecule has 0 spiro atoms. The van der Waals surface area contributed by atoms with Gasteiger partial charge in [0.1, 0.15) is 0 Å². The van der Waals surface area contributed by atoms with Crippen molar-refractivity contribution in [2.75, 3.05) is 0 Å². The quantitative estimate of drug-likeness (QED) is 0.881. The fraction of sp³-hybridized carbons (Fsp3) is 0.353. The molecule has 0 aliphatic heterocycles. The molecule has 0 saturated heterocycles. The molecule has 1 fully saturated rings. The second-order valence-corrected chi connectivity index (χ2v) is 5.88. The third-order valence-corrected chi connectivity index (χ3v) is 4.26. The number of aliphatic hydroxyl groups is 1. The van der Waals surface area contributed by atoms with Crippen LogP contribution in [0.5, 0.6) is 0 Å². The van der Waals surface area contributed by atoms with Gasteiger partial charge in [-0.05, 0) is 48.9 Å². The monoisotopic (exact) mass is 315 g/mol. The number of nitrogens with one attached hydrogen (secondary N) is 1. The Balaban J connectivity index is 1.73. The number of rotatable bonds is 5. The van der Waals surface area contributed by atoms with Crippen LogP contribution in [-0.2, 0) is 6.42 Å². The molecular weight excluding hydrogens is 297 g/mol. The molecule has 1 aliphatic carbocycles. The van der Waals surface area contributed by atoms with Gasteiger partial charge in [0.15, 0.2) is 5.82 Å². The van der Waals surface area contributed by atoms with Crippen LogP contribution in [0.4, 0.5) is 4.39 Å². The molecular formula is C17H18FN3O2. The van der Waals surface area contributed by atoms with Gasteiger partial charge < -0.3 is 10.4 Å². The summed E-state index contributed by atoms with van der Waals surface area (Å²) < 4.78 is 13.7. The van der Waals surface area contributed by atoms with Gasteiger partial charge in [0.2, 0.25) is 0 Å². The molecule has 0 bridgehead atoms. The van der Waals surface area contributed by atoms with Gasteiger partial charge in [-0.1, -0.05) is 0 Å². The molecule has 2 N–H and O–H groups in total. The van der Waals surface area contributed by atoms with Gasteiger partial charge in [0.05, 0.1) is 17.9 Å². The molecule has 1 atom stereocenters. The van der Waals surface area contributed by atoms with Crippen LogP contribution < -0.4 is 5.32 Å². The van der Waals surface area contributed by atoms with Crippen molar-refractivity contribution in [2.24, 2.45) is 5.92 Å². The Morgan fingerprint density at radius 2 is 1.96 bits per heavy atom. The number of hydrogen-bond acceptors (Lipinski definition) is 4. The predicted molar refractivity (Wildman–Crippen MR) is 82.1 cm³/mol. The first-order valence-electron chi connectivity index (χ1n) is 7.61. The maximum Gasteiger partial charge on any atom is 0.254 e. The highest BCUT2D eigenvalue weighted by molar-refractivity contribution is 5.94. The van der Waals surface area contributed by atoms with Crippen LogP contribution in [0.15, 0.2) is 43.0 Å². The third kappa shape index (κ3) is 3.71. The molecule has 1 saturated carbocycles. The standard InChI is InChI=1S/C17H18FN3O2/c18-15-10-20-6-3-14(15)17(23)21-16(12-8-13(22)9-12)7-11-1-4-19-5-2-11/h1-6,10,12-13,16,22H,7-9H2,(H,21,23). The van der Waals surface area contributed by atoms with Crippen molar-refractivity contribution in [3.63, 3.8) is 0 Å². The third-order valence-electron chi connectivity index (χ3n) is 4.26.